The summed E-state index contributed by atoms with van der Waals surface area (Å²) in [4.78, 5) is 0. The summed E-state index contributed by atoms with van der Waals surface area (Å²) in [7, 11) is 1.63. The predicted octanol–water partition coefficient (Wildman–Crippen LogP) is 3.19. The molecule has 2 aromatic carbocycles. The monoisotopic (exact) mass is 228 g/mol. The van der Waals surface area contributed by atoms with Crippen LogP contribution in [0.2, 0.25) is 0 Å². The molecule has 0 amide bonds. The third-order valence-corrected chi connectivity index (χ3v) is 2.81. The zero-order valence-corrected chi connectivity index (χ0v) is 9.89. The zero-order chi connectivity index (χ0) is 12.1. The molecule has 0 aliphatic rings. The average Bonchev–Trinajstić information content (AvgIpc) is 2.39. The molecule has 88 valence electrons. The summed E-state index contributed by atoms with van der Waals surface area (Å²) in [6.45, 7) is 0. The second kappa shape index (κ2) is 5.39. The number of phenols is 1. The molecule has 0 aliphatic carbocycles. The van der Waals surface area contributed by atoms with Crippen LogP contribution in [0.3, 0.4) is 0 Å². The van der Waals surface area contributed by atoms with Gasteiger partial charge in [0.05, 0.1) is 7.11 Å². The van der Waals surface area contributed by atoms with Gasteiger partial charge < -0.3 is 9.84 Å². The number of aromatic hydroxyl groups is 1. The summed E-state index contributed by atoms with van der Waals surface area (Å²) in [6, 6.07) is 15.6. The van der Waals surface area contributed by atoms with Crippen LogP contribution in [0.25, 0.3) is 0 Å². The molecule has 17 heavy (non-hydrogen) atoms. The van der Waals surface area contributed by atoms with E-state index >= 15 is 0 Å². The molecule has 0 saturated heterocycles. The highest BCUT2D eigenvalue weighted by atomic mass is 16.5. The van der Waals surface area contributed by atoms with E-state index in [0.717, 1.165) is 24.2 Å². The van der Waals surface area contributed by atoms with E-state index < -0.39 is 0 Å². The minimum atomic E-state index is 0.335. The highest BCUT2D eigenvalue weighted by Crippen LogP contribution is 2.24. The first-order valence-electron chi connectivity index (χ1n) is 5.69. The van der Waals surface area contributed by atoms with Gasteiger partial charge in [-0.2, -0.15) is 0 Å². The topological polar surface area (TPSA) is 29.5 Å². The Morgan fingerprint density at radius 3 is 2.47 bits per heavy atom. The van der Waals surface area contributed by atoms with E-state index in [9.17, 15) is 5.11 Å². The van der Waals surface area contributed by atoms with Crippen LogP contribution in [0.5, 0.6) is 11.5 Å². The minimum absolute atomic E-state index is 0.335. The quantitative estimate of drug-likeness (QED) is 0.870. The summed E-state index contributed by atoms with van der Waals surface area (Å²) in [5.74, 6) is 1.12. The second-order valence-electron chi connectivity index (χ2n) is 3.98. The van der Waals surface area contributed by atoms with Crippen molar-refractivity contribution in [1.29, 1.82) is 0 Å². The van der Waals surface area contributed by atoms with Gasteiger partial charge in [0.1, 0.15) is 11.5 Å². The van der Waals surface area contributed by atoms with E-state index in [0.29, 0.717) is 5.75 Å². The van der Waals surface area contributed by atoms with Gasteiger partial charge in [0, 0.05) is 0 Å². The first kappa shape index (κ1) is 11.5. The van der Waals surface area contributed by atoms with E-state index in [1.54, 1.807) is 19.2 Å². The zero-order valence-electron chi connectivity index (χ0n) is 9.89. The Morgan fingerprint density at radius 2 is 1.76 bits per heavy atom. The molecule has 2 heteroatoms. The summed E-state index contributed by atoms with van der Waals surface area (Å²) in [6.07, 6.45) is 1.73. The van der Waals surface area contributed by atoms with Crippen molar-refractivity contribution >= 4 is 0 Å². The molecular formula is C15H16O2. The SMILES string of the molecule is COc1ccc(O)c(CCc2ccccc2)c1. The lowest BCUT2D eigenvalue weighted by molar-refractivity contribution is 0.410. The highest BCUT2D eigenvalue weighted by molar-refractivity contribution is 5.39. The Labute approximate surface area is 101 Å². The molecule has 0 heterocycles. The van der Waals surface area contributed by atoms with Gasteiger partial charge in [-0.3, -0.25) is 0 Å². The van der Waals surface area contributed by atoms with Crippen LogP contribution in [0.15, 0.2) is 48.5 Å². The Morgan fingerprint density at radius 1 is 1.00 bits per heavy atom. The maximum absolute atomic E-state index is 9.75. The lowest BCUT2D eigenvalue weighted by Gasteiger charge is -2.07. The van der Waals surface area contributed by atoms with Crippen molar-refractivity contribution in [2.24, 2.45) is 0 Å². The number of benzene rings is 2. The van der Waals surface area contributed by atoms with E-state index in [2.05, 4.69) is 12.1 Å². The second-order valence-corrected chi connectivity index (χ2v) is 3.98. The first-order chi connectivity index (χ1) is 8.29. The van der Waals surface area contributed by atoms with Crippen molar-refractivity contribution in [3.05, 3.63) is 59.7 Å². The smallest absolute Gasteiger partial charge is 0.119 e. The molecule has 0 atom stereocenters. The number of methoxy groups -OCH3 is 1. The fraction of sp³-hybridized carbons (Fsp3) is 0.200. The maximum Gasteiger partial charge on any atom is 0.119 e. The Balaban J connectivity index is 2.08. The number of phenolic OH excluding ortho intramolecular Hbond substituents is 1. The molecule has 0 fully saturated rings. The summed E-state index contributed by atoms with van der Waals surface area (Å²) in [5, 5.41) is 9.75. The van der Waals surface area contributed by atoms with Gasteiger partial charge in [0.15, 0.2) is 0 Å². The molecule has 2 nitrogen and oxygen atoms in total. The van der Waals surface area contributed by atoms with Crippen LogP contribution in [0.4, 0.5) is 0 Å². The number of rotatable bonds is 4. The highest BCUT2D eigenvalue weighted by Gasteiger charge is 2.03. The van der Waals surface area contributed by atoms with Gasteiger partial charge in [-0.15, -0.1) is 0 Å². The third-order valence-electron chi connectivity index (χ3n) is 2.81. The number of aryl methyl sites for hydroxylation is 2. The standard InChI is InChI=1S/C15H16O2/c1-17-14-9-10-15(16)13(11-14)8-7-12-5-3-2-4-6-12/h2-6,9-11,16H,7-8H2,1H3. The van der Waals surface area contributed by atoms with Crippen molar-refractivity contribution in [3.63, 3.8) is 0 Å². The Kier molecular flexibility index (Phi) is 3.66. The maximum atomic E-state index is 9.75. The van der Waals surface area contributed by atoms with Crippen LogP contribution in [0, 0.1) is 0 Å². The first-order valence-corrected chi connectivity index (χ1v) is 5.69. The molecule has 2 aromatic rings. The van der Waals surface area contributed by atoms with Gasteiger partial charge in [0.25, 0.3) is 0 Å². The van der Waals surface area contributed by atoms with Crippen molar-refractivity contribution < 1.29 is 9.84 Å². The predicted molar refractivity (Wildman–Crippen MR) is 68.5 cm³/mol. The third kappa shape index (κ3) is 3.00. The summed E-state index contributed by atoms with van der Waals surface area (Å²) < 4.78 is 5.15. The van der Waals surface area contributed by atoms with Crippen molar-refractivity contribution in [3.8, 4) is 11.5 Å². The Hall–Kier alpha value is -1.96. The molecule has 1 N–H and O–H groups in total. The molecule has 0 radical (unpaired) electrons. The minimum Gasteiger partial charge on any atom is -0.508 e. The number of hydrogen-bond acceptors (Lipinski definition) is 2. The largest absolute Gasteiger partial charge is 0.508 e. The van der Waals surface area contributed by atoms with Crippen molar-refractivity contribution in [2.45, 2.75) is 12.8 Å². The van der Waals surface area contributed by atoms with Crippen LogP contribution in [-0.4, -0.2) is 12.2 Å². The van der Waals surface area contributed by atoms with Crippen LogP contribution in [-0.2, 0) is 12.8 Å². The van der Waals surface area contributed by atoms with E-state index in [-0.39, 0.29) is 0 Å². The molecule has 0 unspecified atom stereocenters. The molecule has 0 bridgehead atoms. The number of hydrogen-bond donors (Lipinski definition) is 1. The fourth-order valence-corrected chi connectivity index (χ4v) is 1.81. The van der Waals surface area contributed by atoms with Crippen LogP contribution >= 0.6 is 0 Å². The van der Waals surface area contributed by atoms with Gasteiger partial charge in [-0.25, -0.2) is 0 Å². The van der Waals surface area contributed by atoms with E-state index in [4.69, 9.17) is 4.74 Å². The van der Waals surface area contributed by atoms with Crippen molar-refractivity contribution in [2.75, 3.05) is 7.11 Å². The van der Waals surface area contributed by atoms with Crippen molar-refractivity contribution in [1.82, 2.24) is 0 Å². The van der Waals surface area contributed by atoms with Gasteiger partial charge in [-0.05, 0) is 42.2 Å². The van der Waals surface area contributed by atoms with E-state index in [1.165, 1.54) is 5.56 Å². The number of ether oxygens (including phenoxy) is 1. The Bertz CT molecular complexity index is 478. The molecular weight excluding hydrogens is 212 g/mol. The molecule has 0 spiro atoms. The molecule has 0 saturated carbocycles. The van der Waals surface area contributed by atoms with E-state index in [1.807, 2.05) is 24.3 Å². The molecule has 0 aromatic heterocycles. The van der Waals surface area contributed by atoms with Crippen LogP contribution in [0.1, 0.15) is 11.1 Å². The van der Waals surface area contributed by atoms with Crippen LogP contribution < -0.4 is 4.74 Å². The molecule has 0 aliphatic heterocycles. The summed E-state index contributed by atoms with van der Waals surface area (Å²) >= 11 is 0. The lowest BCUT2D eigenvalue weighted by atomic mass is 10.0. The average molecular weight is 228 g/mol. The summed E-state index contributed by atoms with van der Waals surface area (Å²) in [5.41, 5.74) is 2.20. The van der Waals surface area contributed by atoms with Gasteiger partial charge in [-0.1, -0.05) is 30.3 Å². The normalized spacial score (nSPS) is 10.2. The fourth-order valence-electron chi connectivity index (χ4n) is 1.81. The lowest BCUT2D eigenvalue weighted by Crippen LogP contribution is -1.93. The molecule has 2 rings (SSSR count). The van der Waals surface area contributed by atoms with Gasteiger partial charge >= 0.3 is 0 Å². The van der Waals surface area contributed by atoms with Gasteiger partial charge in [0.2, 0.25) is 0 Å².